The zero-order chi connectivity index (χ0) is 13.5. The van der Waals surface area contributed by atoms with Crippen LogP contribution in [0.1, 0.15) is 12.5 Å². The number of esters is 1. The van der Waals surface area contributed by atoms with Crippen molar-refractivity contribution >= 4 is 18.0 Å². The van der Waals surface area contributed by atoms with Gasteiger partial charge in [0.15, 0.2) is 0 Å². The normalized spacial score (nSPS) is 12.2. The van der Waals surface area contributed by atoms with Crippen molar-refractivity contribution in [3.05, 3.63) is 41.7 Å². The van der Waals surface area contributed by atoms with Crippen LogP contribution in [-0.2, 0) is 14.3 Å². The summed E-state index contributed by atoms with van der Waals surface area (Å²) in [5, 5.41) is 2.44. The van der Waals surface area contributed by atoms with Gasteiger partial charge in [-0.2, -0.15) is 0 Å². The molecule has 1 rings (SSSR count). The number of halogens is 1. The standard InChI is InChI=1S/C13H14FNO3/c1-9(13(17)18-2)15-12(16)8-5-10-3-6-11(14)7-4-10/h3-9H,1-2H3,(H,15,16). The van der Waals surface area contributed by atoms with Crippen molar-refractivity contribution in [1.82, 2.24) is 5.32 Å². The molecule has 18 heavy (non-hydrogen) atoms. The molecule has 0 saturated heterocycles. The average Bonchev–Trinajstić information content (AvgIpc) is 2.37. The Morgan fingerprint density at radius 1 is 1.33 bits per heavy atom. The van der Waals surface area contributed by atoms with Crippen LogP contribution in [0.3, 0.4) is 0 Å². The number of rotatable bonds is 4. The molecule has 1 amide bonds. The van der Waals surface area contributed by atoms with Gasteiger partial charge < -0.3 is 10.1 Å². The Hall–Kier alpha value is -2.17. The van der Waals surface area contributed by atoms with Crippen LogP contribution in [0, 0.1) is 5.82 Å². The van der Waals surface area contributed by atoms with E-state index in [1.807, 2.05) is 0 Å². The molecule has 5 heteroatoms. The maximum atomic E-state index is 12.6. The lowest BCUT2D eigenvalue weighted by molar-refractivity contribution is -0.144. The van der Waals surface area contributed by atoms with E-state index in [0.29, 0.717) is 5.56 Å². The van der Waals surface area contributed by atoms with Gasteiger partial charge in [-0.05, 0) is 30.7 Å². The summed E-state index contributed by atoms with van der Waals surface area (Å²) in [6.45, 7) is 1.52. The largest absolute Gasteiger partial charge is 0.467 e. The van der Waals surface area contributed by atoms with Gasteiger partial charge >= 0.3 is 5.97 Å². The van der Waals surface area contributed by atoms with Crippen LogP contribution in [0.15, 0.2) is 30.3 Å². The van der Waals surface area contributed by atoms with Gasteiger partial charge in [-0.1, -0.05) is 12.1 Å². The number of benzene rings is 1. The second-order valence-corrected chi connectivity index (χ2v) is 3.64. The highest BCUT2D eigenvalue weighted by molar-refractivity contribution is 5.94. The van der Waals surface area contributed by atoms with Gasteiger partial charge in [0.2, 0.25) is 5.91 Å². The second kappa shape index (κ2) is 6.54. The van der Waals surface area contributed by atoms with E-state index in [0.717, 1.165) is 0 Å². The first-order chi connectivity index (χ1) is 8.52. The van der Waals surface area contributed by atoms with Gasteiger partial charge in [-0.15, -0.1) is 0 Å². The van der Waals surface area contributed by atoms with Crippen molar-refractivity contribution in [1.29, 1.82) is 0 Å². The molecule has 4 nitrogen and oxygen atoms in total. The van der Waals surface area contributed by atoms with Gasteiger partial charge in [0.1, 0.15) is 11.9 Å². The molecule has 0 fully saturated rings. The Balaban J connectivity index is 2.54. The molecule has 1 aromatic carbocycles. The molecule has 0 saturated carbocycles. The van der Waals surface area contributed by atoms with Gasteiger partial charge in [0.05, 0.1) is 7.11 Å². The zero-order valence-corrected chi connectivity index (χ0v) is 10.1. The fourth-order valence-electron chi connectivity index (χ4n) is 1.24. The van der Waals surface area contributed by atoms with Gasteiger partial charge in [0, 0.05) is 6.08 Å². The summed E-state index contributed by atoms with van der Waals surface area (Å²) in [5.74, 6) is -1.27. The minimum atomic E-state index is -0.708. The average molecular weight is 251 g/mol. The third-order valence-corrected chi connectivity index (χ3v) is 2.21. The molecule has 1 N–H and O–H groups in total. The Labute approximate surface area is 104 Å². The van der Waals surface area contributed by atoms with E-state index >= 15 is 0 Å². The van der Waals surface area contributed by atoms with Gasteiger partial charge in [0.25, 0.3) is 0 Å². The minimum absolute atomic E-state index is 0.337. The molecule has 0 aliphatic rings. The van der Waals surface area contributed by atoms with Crippen molar-refractivity contribution < 1.29 is 18.7 Å². The molecule has 0 aliphatic carbocycles. The molecule has 96 valence electrons. The number of carbonyl (C=O) groups is 2. The van der Waals surface area contributed by atoms with Crippen molar-refractivity contribution in [3.63, 3.8) is 0 Å². The Morgan fingerprint density at radius 3 is 2.50 bits per heavy atom. The van der Waals surface area contributed by atoms with Crippen LogP contribution in [-0.4, -0.2) is 25.0 Å². The highest BCUT2D eigenvalue weighted by atomic mass is 19.1. The number of amides is 1. The lowest BCUT2D eigenvalue weighted by atomic mass is 10.2. The van der Waals surface area contributed by atoms with E-state index in [2.05, 4.69) is 10.1 Å². The maximum Gasteiger partial charge on any atom is 0.328 e. The second-order valence-electron chi connectivity index (χ2n) is 3.64. The maximum absolute atomic E-state index is 12.6. The Kier molecular flexibility index (Phi) is 5.05. The van der Waals surface area contributed by atoms with Crippen molar-refractivity contribution in [2.45, 2.75) is 13.0 Å². The van der Waals surface area contributed by atoms with Crippen LogP contribution >= 0.6 is 0 Å². The highest BCUT2D eigenvalue weighted by Gasteiger charge is 2.13. The van der Waals surface area contributed by atoms with E-state index in [9.17, 15) is 14.0 Å². The SMILES string of the molecule is COC(=O)C(C)NC(=O)C=Cc1ccc(F)cc1. The number of carbonyl (C=O) groups excluding carboxylic acids is 2. The number of ether oxygens (including phenoxy) is 1. The van der Waals surface area contributed by atoms with Crippen molar-refractivity contribution in [2.75, 3.05) is 7.11 Å². The van der Waals surface area contributed by atoms with Gasteiger partial charge in [-0.25, -0.2) is 9.18 Å². The summed E-state index contributed by atoms with van der Waals surface area (Å²) < 4.78 is 17.1. The quantitative estimate of drug-likeness (QED) is 0.652. The molecular weight excluding hydrogens is 237 g/mol. The molecule has 0 bridgehead atoms. The predicted octanol–water partition coefficient (Wildman–Crippen LogP) is 1.52. The molecule has 1 unspecified atom stereocenters. The van der Waals surface area contributed by atoms with E-state index in [1.165, 1.54) is 38.3 Å². The Bertz CT molecular complexity index is 454. The number of hydrogen-bond donors (Lipinski definition) is 1. The van der Waals surface area contributed by atoms with Crippen LogP contribution in [0.4, 0.5) is 4.39 Å². The van der Waals surface area contributed by atoms with Crippen molar-refractivity contribution in [2.24, 2.45) is 0 Å². The fraction of sp³-hybridized carbons (Fsp3) is 0.231. The first kappa shape index (κ1) is 13.9. The lowest BCUT2D eigenvalue weighted by Crippen LogP contribution is -2.38. The van der Waals surface area contributed by atoms with E-state index < -0.39 is 17.9 Å². The molecule has 1 atom stereocenters. The molecule has 0 aromatic heterocycles. The summed E-state index contributed by atoms with van der Waals surface area (Å²) >= 11 is 0. The van der Waals surface area contributed by atoms with Crippen LogP contribution in [0.25, 0.3) is 6.08 Å². The van der Waals surface area contributed by atoms with Crippen LogP contribution in [0.2, 0.25) is 0 Å². The molecule has 0 heterocycles. The fourth-order valence-corrected chi connectivity index (χ4v) is 1.24. The smallest absolute Gasteiger partial charge is 0.328 e. The molecular formula is C13H14FNO3. The van der Waals surface area contributed by atoms with Gasteiger partial charge in [-0.3, -0.25) is 4.79 Å². The third-order valence-electron chi connectivity index (χ3n) is 2.21. The first-order valence-corrected chi connectivity index (χ1v) is 5.35. The van der Waals surface area contributed by atoms with Crippen molar-refractivity contribution in [3.8, 4) is 0 Å². The first-order valence-electron chi connectivity index (χ1n) is 5.35. The predicted molar refractivity (Wildman–Crippen MR) is 65.1 cm³/mol. The van der Waals surface area contributed by atoms with E-state index in [4.69, 9.17) is 0 Å². The van der Waals surface area contributed by atoms with E-state index in [1.54, 1.807) is 12.1 Å². The topological polar surface area (TPSA) is 55.4 Å². The highest BCUT2D eigenvalue weighted by Crippen LogP contribution is 2.04. The molecule has 0 spiro atoms. The minimum Gasteiger partial charge on any atom is -0.467 e. The monoisotopic (exact) mass is 251 g/mol. The number of nitrogens with one attached hydrogen (secondary N) is 1. The summed E-state index contributed by atoms with van der Waals surface area (Å²) in [4.78, 5) is 22.5. The Morgan fingerprint density at radius 2 is 1.94 bits per heavy atom. The van der Waals surface area contributed by atoms with Crippen LogP contribution in [0.5, 0.6) is 0 Å². The van der Waals surface area contributed by atoms with Crippen LogP contribution < -0.4 is 5.32 Å². The summed E-state index contributed by atoms with van der Waals surface area (Å²) in [6.07, 6.45) is 2.80. The number of hydrogen-bond acceptors (Lipinski definition) is 3. The summed E-state index contributed by atoms with van der Waals surface area (Å²) in [7, 11) is 1.25. The third kappa shape index (κ3) is 4.37. The number of methoxy groups -OCH3 is 1. The zero-order valence-electron chi connectivity index (χ0n) is 10.1. The molecule has 0 aliphatic heterocycles. The molecule has 1 aromatic rings. The van der Waals surface area contributed by atoms with E-state index in [-0.39, 0.29) is 5.82 Å². The lowest BCUT2D eigenvalue weighted by Gasteiger charge is -2.09. The summed E-state index contributed by atoms with van der Waals surface area (Å²) in [6, 6.07) is 4.98. The molecule has 0 radical (unpaired) electrons. The summed E-state index contributed by atoms with van der Waals surface area (Å²) in [5.41, 5.74) is 0.692.